The van der Waals surface area contributed by atoms with E-state index in [1.54, 1.807) is 12.1 Å². The van der Waals surface area contributed by atoms with Crippen molar-refractivity contribution < 1.29 is 31.1 Å². The van der Waals surface area contributed by atoms with Crippen LogP contribution in [0.5, 0.6) is 0 Å². The van der Waals surface area contributed by atoms with E-state index in [0.29, 0.717) is 17.9 Å². The first kappa shape index (κ1) is 23.2. The average molecular weight is 434 g/mol. The normalized spacial score (nSPS) is 29.1. The highest BCUT2D eigenvalue weighted by Gasteiger charge is 2.39. The molecule has 1 nitrogen and oxygen atoms in total. The van der Waals surface area contributed by atoms with Crippen molar-refractivity contribution >= 4 is 0 Å². The van der Waals surface area contributed by atoms with Crippen LogP contribution in [0.2, 0.25) is 0 Å². The Bertz CT molecular complexity index is 708. The van der Waals surface area contributed by atoms with Crippen LogP contribution < -0.4 is 0 Å². The summed E-state index contributed by atoms with van der Waals surface area (Å²) in [6.07, 6.45) is -3.54. The lowest BCUT2D eigenvalue weighted by molar-refractivity contribution is -0.277. The van der Waals surface area contributed by atoms with Gasteiger partial charge < -0.3 is 4.74 Å². The van der Waals surface area contributed by atoms with E-state index in [2.05, 4.69) is 6.92 Å². The molecule has 168 valence electrons. The van der Waals surface area contributed by atoms with E-state index in [0.717, 1.165) is 31.2 Å². The molecule has 0 heterocycles. The summed E-state index contributed by atoms with van der Waals surface area (Å²) in [4.78, 5) is 0. The van der Waals surface area contributed by atoms with Gasteiger partial charge in [0.15, 0.2) is 5.83 Å². The number of ether oxygens (including phenoxy) is 1. The molecule has 0 spiro atoms. The van der Waals surface area contributed by atoms with Gasteiger partial charge in [-0.1, -0.05) is 44.0 Å². The highest BCUT2D eigenvalue weighted by atomic mass is 19.4. The zero-order chi connectivity index (χ0) is 21.9. The minimum atomic E-state index is -5.00. The third-order valence-electron chi connectivity index (χ3n) is 6.42. The van der Waals surface area contributed by atoms with Crippen molar-refractivity contribution in [2.24, 2.45) is 11.8 Å². The average Bonchev–Trinajstić information content (AvgIpc) is 2.69. The van der Waals surface area contributed by atoms with Crippen LogP contribution in [-0.4, -0.2) is 12.3 Å². The predicted molar refractivity (Wildman–Crippen MR) is 103 cm³/mol. The second-order valence-electron chi connectivity index (χ2n) is 8.76. The molecule has 2 aliphatic rings. The lowest BCUT2D eigenvalue weighted by Crippen LogP contribution is -2.29. The second-order valence-corrected chi connectivity index (χ2v) is 8.76. The van der Waals surface area contributed by atoms with Crippen molar-refractivity contribution in [3.63, 3.8) is 0 Å². The fourth-order valence-electron chi connectivity index (χ4n) is 4.49. The molecular formula is C23H28F6O. The van der Waals surface area contributed by atoms with Gasteiger partial charge in [0.2, 0.25) is 0 Å². The maximum absolute atomic E-state index is 14.6. The number of hydrogen-bond acceptors (Lipinski definition) is 1. The van der Waals surface area contributed by atoms with Gasteiger partial charge >= 0.3 is 12.3 Å². The molecule has 0 atom stereocenters. The Morgan fingerprint density at radius 3 is 1.97 bits per heavy atom. The topological polar surface area (TPSA) is 9.23 Å². The van der Waals surface area contributed by atoms with Crippen LogP contribution >= 0.6 is 0 Å². The van der Waals surface area contributed by atoms with Crippen LogP contribution in [0.15, 0.2) is 36.2 Å². The summed E-state index contributed by atoms with van der Waals surface area (Å²) < 4.78 is 84.1. The Morgan fingerprint density at radius 2 is 1.43 bits per heavy atom. The molecule has 0 unspecified atom stereocenters. The molecule has 0 amide bonds. The summed E-state index contributed by atoms with van der Waals surface area (Å²) in [6, 6.07) is 6.30. The minimum Gasteiger partial charge on any atom is -0.313 e. The van der Waals surface area contributed by atoms with Gasteiger partial charge in [-0.2, -0.15) is 22.0 Å². The molecule has 1 aromatic rings. The highest BCUT2D eigenvalue weighted by Crippen LogP contribution is 2.39. The van der Waals surface area contributed by atoms with E-state index < -0.39 is 30.1 Å². The van der Waals surface area contributed by atoms with E-state index in [4.69, 9.17) is 4.74 Å². The third-order valence-corrected chi connectivity index (χ3v) is 6.42. The van der Waals surface area contributed by atoms with E-state index in [-0.39, 0.29) is 31.2 Å². The standard InChI is InChI=1S/C23H28F6O/c1-15-2-6-17(7-3-15)18-8-10-19(11-9-18)23(28,29)30-20-12-4-16(5-13-20)14-21(24)22(25,26)27/h8-11,14-17,20H,2-7,12-13H2,1H3. The second kappa shape index (κ2) is 9.33. The molecule has 0 N–H and O–H groups in total. The third kappa shape index (κ3) is 6.02. The molecule has 30 heavy (non-hydrogen) atoms. The molecule has 3 rings (SSSR count). The van der Waals surface area contributed by atoms with Crippen molar-refractivity contribution in [1.29, 1.82) is 0 Å². The Balaban J connectivity index is 1.54. The lowest BCUT2D eigenvalue weighted by Gasteiger charge is -2.30. The molecule has 2 saturated carbocycles. The summed E-state index contributed by atoms with van der Waals surface area (Å²) in [6.45, 7) is 2.23. The van der Waals surface area contributed by atoms with Gasteiger partial charge in [0.25, 0.3) is 0 Å². The Hall–Kier alpha value is -1.50. The number of hydrogen-bond donors (Lipinski definition) is 0. The van der Waals surface area contributed by atoms with Crippen LogP contribution in [0.3, 0.4) is 0 Å². The number of benzene rings is 1. The van der Waals surface area contributed by atoms with Crippen LogP contribution in [0.4, 0.5) is 26.3 Å². The predicted octanol–water partition coefficient (Wildman–Crippen LogP) is 8.02. The fourth-order valence-corrected chi connectivity index (χ4v) is 4.49. The lowest BCUT2D eigenvalue weighted by atomic mass is 9.79. The molecule has 2 fully saturated rings. The van der Waals surface area contributed by atoms with E-state index in [9.17, 15) is 26.3 Å². The van der Waals surface area contributed by atoms with E-state index in [1.165, 1.54) is 12.1 Å². The van der Waals surface area contributed by atoms with Crippen LogP contribution in [0, 0.1) is 11.8 Å². The van der Waals surface area contributed by atoms with Crippen LogP contribution in [0.25, 0.3) is 0 Å². The van der Waals surface area contributed by atoms with E-state index in [1.807, 2.05) is 0 Å². The largest absolute Gasteiger partial charge is 0.442 e. The zero-order valence-corrected chi connectivity index (χ0v) is 17.0. The molecule has 2 aliphatic carbocycles. The molecular weight excluding hydrogens is 406 g/mol. The summed E-state index contributed by atoms with van der Waals surface area (Å²) in [5, 5.41) is 0. The number of halogens is 6. The van der Waals surface area contributed by atoms with Gasteiger partial charge in [-0.25, -0.2) is 4.39 Å². The highest BCUT2D eigenvalue weighted by molar-refractivity contribution is 5.27. The molecule has 7 heteroatoms. The fraction of sp³-hybridized carbons (Fsp3) is 0.652. The summed E-state index contributed by atoms with van der Waals surface area (Å²) in [7, 11) is 0. The summed E-state index contributed by atoms with van der Waals surface area (Å²) >= 11 is 0. The van der Waals surface area contributed by atoms with Gasteiger partial charge in [-0.05, 0) is 67.9 Å². The minimum absolute atomic E-state index is 0.167. The van der Waals surface area contributed by atoms with Crippen LogP contribution in [-0.2, 0) is 10.8 Å². The first-order valence-electron chi connectivity index (χ1n) is 10.6. The number of alkyl halides is 5. The van der Waals surface area contributed by atoms with Crippen molar-refractivity contribution in [2.45, 2.75) is 82.6 Å². The first-order chi connectivity index (χ1) is 14.0. The Morgan fingerprint density at radius 1 is 0.867 bits per heavy atom. The van der Waals surface area contributed by atoms with Crippen molar-refractivity contribution in [3.8, 4) is 0 Å². The molecule has 0 saturated heterocycles. The maximum atomic E-state index is 14.6. The Kier molecular flexibility index (Phi) is 7.20. The maximum Gasteiger partial charge on any atom is 0.442 e. The monoisotopic (exact) mass is 434 g/mol. The van der Waals surface area contributed by atoms with Crippen LogP contribution in [0.1, 0.15) is 75.3 Å². The molecule has 0 aliphatic heterocycles. The Labute approximate surface area is 173 Å². The van der Waals surface area contributed by atoms with Crippen molar-refractivity contribution in [2.75, 3.05) is 0 Å². The molecule has 0 bridgehead atoms. The zero-order valence-electron chi connectivity index (χ0n) is 17.0. The molecule has 1 aromatic carbocycles. The number of allylic oxidation sites excluding steroid dienone is 2. The molecule has 0 radical (unpaired) electrons. The van der Waals surface area contributed by atoms with E-state index >= 15 is 0 Å². The van der Waals surface area contributed by atoms with Crippen molar-refractivity contribution in [1.82, 2.24) is 0 Å². The van der Waals surface area contributed by atoms with Gasteiger partial charge in [0.05, 0.1) is 11.7 Å². The quantitative estimate of drug-likeness (QED) is 0.426. The van der Waals surface area contributed by atoms with Gasteiger partial charge in [-0.3, -0.25) is 0 Å². The molecule has 0 aromatic heterocycles. The van der Waals surface area contributed by atoms with Gasteiger partial charge in [0, 0.05) is 0 Å². The summed E-state index contributed by atoms with van der Waals surface area (Å²) in [5.74, 6) is -1.61. The SMILES string of the molecule is CC1CCC(c2ccc(C(F)(F)OC3CCC(C=C(F)C(F)(F)F)CC3)cc2)CC1. The smallest absolute Gasteiger partial charge is 0.313 e. The number of rotatable bonds is 5. The summed E-state index contributed by atoms with van der Waals surface area (Å²) in [5.41, 5.74) is 0.848. The van der Waals surface area contributed by atoms with Gasteiger partial charge in [0.1, 0.15) is 0 Å². The first-order valence-corrected chi connectivity index (χ1v) is 10.6. The van der Waals surface area contributed by atoms with Gasteiger partial charge in [-0.15, -0.1) is 0 Å². The van der Waals surface area contributed by atoms with Crippen molar-refractivity contribution in [3.05, 3.63) is 47.3 Å².